The minimum atomic E-state index is -0.415. The van der Waals surface area contributed by atoms with Gasteiger partial charge in [0, 0.05) is 25.8 Å². The van der Waals surface area contributed by atoms with E-state index in [1.807, 2.05) is 30.3 Å². The second-order valence-corrected chi connectivity index (χ2v) is 4.72. The van der Waals surface area contributed by atoms with Crippen LogP contribution < -0.4 is 10.1 Å². The van der Waals surface area contributed by atoms with Crippen LogP contribution >= 0.6 is 0 Å². The van der Waals surface area contributed by atoms with Crippen LogP contribution in [-0.4, -0.2) is 31.0 Å². The summed E-state index contributed by atoms with van der Waals surface area (Å²) in [6.07, 6.45) is 4.92. The molecule has 0 bridgehead atoms. The third-order valence-electron chi connectivity index (χ3n) is 3.02. The van der Waals surface area contributed by atoms with E-state index in [-0.39, 0.29) is 5.57 Å². The van der Waals surface area contributed by atoms with E-state index in [0.717, 1.165) is 11.3 Å². The summed E-state index contributed by atoms with van der Waals surface area (Å²) in [7, 11) is 1.60. The van der Waals surface area contributed by atoms with Gasteiger partial charge in [-0.1, -0.05) is 24.3 Å². The molecule has 1 aromatic carbocycles. The average Bonchev–Trinajstić information content (AvgIpc) is 2.58. The minimum absolute atomic E-state index is 0.0437. The number of rotatable bonds is 9. The fraction of sp³-hybridized carbons (Fsp3) is 0.222. The predicted molar refractivity (Wildman–Crippen MR) is 90.5 cm³/mol. The Labute approximate surface area is 137 Å². The highest BCUT2D eigenvalue weighted by molar-refractivity contribution is 5.97. The fourth-order valence-corrected chi connectivity index (χ4v) is 1.85. The normalized spacial score (nSPS) is 10.3. The van der Waals surface area contributed by atoms with Crippen molar-refractivity contribution < 1.29 is 9.53 Å². The molecule has 0 aliphatic rings. The molecule has 5 heteroatoms. The highest BCUT2D eigenvalue weighted by Gasteiger charge is 2.10. The first kappa shape index (κ1) is 18.1. The first-order valence-corrected chi connectivity index (χ1v) is 7.13. The van der Waals surface area contributed by atoms with Crippen molar-refractivity contribution >= 4 is 5.91 Å². The minimum Gasteiger partial charge on any atom is -0.497 e. The zero-order valence-corrected chi connectivity index (χ0v) is 13.3. The summed E-state index contributed by atoms with van der Waals surface area (Å²) in [4.78, 5) is 13.9. The molecule has 0 heterocycles. The van der Waals surface area contributed by atoms with Gasteiger partial charge in [-0.3, -0.25) is 4.79 Å². The van der Waals surface area contributed by atoms with Crippen molar-refractivity contribution in [1.29, 1.82) is 5.26 Å². The smallest absolute Gasteiger partial charge is 0.263 e. The van der Waals surface area contributed by atoms with Crippen molar-refractivity contribution in [1.82, 2.24) is 10.2 Å². The van der Waals surface area contributed by atoms with Crippen LogP contribution in [0, 0.1) is 11.3 Å². The molecule has 0 atom stereocenters. The number of nitriles is 1. The molecule has 0 saturated carbocycles. The number of methoxy groups -OCH3 is 1. The Morgan fingerprint density at radius 1 is 1.30 bits per heavy atom. The number of hydrogen-bond acceptors (Lipinski definition) is 4. The van der Waals surface area contributed by atoms with Crippen LogP contribution in [0.4, 0.5) is 0 Å². The van der Waals surface area contributed by atoms with Gasteiger partial charge in [0.25, 0.3) is 5.91 Å². The van der Waals surface area contributed by atoms with Crippen LogP contribution in [0.2, 0.25) is 0 Å². The number of nitrogens with zero attached hydrogens (tertiary/aromatic N) is 2. The predicted octanol–water partition coefficient (Wildman–Crippen LogP) is 2.39. The summed E-state index contributed by atoms with van der Waals surface area (Å²) in [6.45, 7) is 8.70. The molecule has 0 spiro atoms. The summed E-state index contributed by atoms with van der Waals surface area (Å²) in [5, 5.41) is 11.9. The Balaban J connectivity index is 2.70. The Bertz CT molecular complexity index is 602. The Hall–Kier alpha value is -3.00. The maximum Gasteiger partial charge on any atom is 0.263 e. The van der Waals surface area contributed by atoms with Crippen molar-refractivity contribution in [3.63, 3.8) is 0 Å². The third kappa shape index (κ3) is 6.10. The van der Waals surface area contributed by atoms with Gasteiger partial charge in [-0.05, 0) is 17.7 Å². The summed E-state index contributed by atoms with van der Waals surface area (Å²) >= 11 is 0. The zero-order valence-electron chi connectivity index (χ0n) is 13.3. The van der Waals surface area contributed by atoms with E-state index >= 15 is 0 Å². The van der Waals surface area contributed by atoms with Crippen LogP contribution in [0.15, 0.2) is 61.3 Å². The van der Waals surface area contributed by atoms with Gasteiger partial charge < -0.3 is 15.0 Å². The van der Waals surface area contributed by atoms with E-state index in [1.165, 1.54) is 6.20 Å². The SMILES string of the molecule is C=CCN(/C=C(/C#N)C(=O)NCc1ccc(OC)cc1)CC=C. The summed E-state index contributed by atoms with van der Waals surface area (Å²) in [5.74, 6) is 0.337. The van der Waals surface area contributed by atoms with E-state index in [4.69, 9.17) is 4.74 Å². The molecule has 1 amide bonds. The van der Waals surface area contributed by atoms with Gasteiger partial charge in [-0.25, -0.2) is 0 Å². The van der Waals surface area contributed by atoms with Gasteiger partial charge in [-0.15, -0.1) is 13.2 Å². The van der Waals surface area contributed by atoms with Gasteiger partial charge in [0.05, 0.1) is 7.11 Å². The molecule has 23 heavy (non-hydrogen) atoms. The molecule has 0 fully saturated rings. The molecule has 120 valence electrons. The van der Waals surface area contributed by atoms with Gasteiger partial charge in [-0.2, -0.15) is 5.26 Å². The highest BCUT2D eigenvalue weighted by Crippen LogP contribution is 2.11. The number of benzene rings is 1. The second-order valence-electron chi connectivity index (χ2n) is 4.72. The maximum absolute atomic E-state index is 12.1. The first-order chi connectivity index (χ1) is 11.1. The number of carbonyl (C=O) groups excluding carboxylic acids is 1. The first-order valence-electron chi connectivity index (χ1n) is 7.13. The van der Waals surface area contributed by atoms with Crippen molar-refractivity contribution in [2.24, 2.45) is 0 Å². The zero-order chi connectivity index (χ0) is 17.1. The van der Waals surface area contributed by atoms with Gasteiger partial charge in [0.2, 0.25) is 0 Å². The lowest BCUT2D eigenvalue weighted by atomic mass is 10.2. The number of ether oxygens (including phenoxy) is 1. The molecule has 1 aromatic rings. The van der Waals surface area contributed by atoms with E-state index in [0.29, 0.717) is 19.6 Å². The molecular weight excluding hydrogens is 290 g/mol. The van der Waals surface area contributed by atoms with Crippen molar-refractivity contribution in [2.75, 3.05) is 20.2 Å². The number of nitrogens with one attached hydrogen (secondary N) is 1. The molecule has 1 N–H and O–H groups in total. The van der Waals surface area contributed by atoms with E-state index < -0.39 is 5.91 Å². The summed E-state index contributed by atoms with van der Waals surface area (Å²) in [6, 6.07) is 9.27. The quantitative estimate of drug-likeness (QED) is 0.432. The molecular formula is C18H21N3O2. The molecule has 0 aliphatic carbocycles. The standard InChI is InChI=1S/C18H21N3O2/c1-4-10-21(11-5-2)14-16(12-19)18(22)20-13-15-6-8-17(23-3)9-7-15/h4-9,14H,1-2,10-11,13H2,3H3,(H,20,22)/b16-14-. The van der Waals surface area contributed by atoms with Gasteiger partial charge in [0.15, 0.2) is 0 Å². The summed E-state index contributed by atoms with van der Waals surface area (Å²) < 4.78 is 5.08. The van der Waals surface area contributed by atoms with E-state index in [2.05, 4.69) is 18.5 Å². The lowest BCUT2D eigenvalue weighted by Gasteiger charge is -2.16. The summed E-state index contributed by atoms with van der Waals surface area (Å²) in [5.41, 5.74) is 0.965. The lowest BCUT2D eigenvalue weighted by Crippen LogP contribution is -2.26. The maximum atomic E-state index is 12.1. The van der Waals surface area contributed by atoms with Crippen LogP contribution in [0.5, 0.6) is 5.75 Å². The molecule has 0 aromatic heterocycles. The monoisotopic (exact) mass is 311 g/mol. The lowest BCUT2D eigenvalue weighted by molar-refractivity contribution is -0.117. The van der Waals surface area contributed by atoms with Gasteiger partial charge >= 0.3 is 0 Å². The molecule has 0 saturated heterocycles. The molecule has 0 aliphatic heterocycles. The number of carbonyl (C=O) groups is 1. The van der Waals surface area contributed by atoms with Crippen LogP contribution in [-0.2, 0) is 11.3 Å². The second kappa shape index (κ2) is 9.85. The molecule has 1 rings (SSSR count). The topological polar surface area (TPSA) is 65.4 Å². The fourth-order valence-electron chi connectivity index (χ4n) is 1.85. The van der Waals surface area contributed by atoms with E-state index in [9.17, 15) is 10.1 Å². The number of hydrogen-bond donors (Lipinski definition) is 1. The van der Waals surface area contributed by atoms with Crippen molar-refractivity contribution in [3.8, 4) is 11.8 Å². The van der Waals surface area contributed by atoms with Crippen LogP contribution in [0.1, 0.15) is 5.56 Å². The number of amides is 1. The van der Waals surface area contributed by atoms with E-state index in [1.54, 1.807) is 24.2 Å². The molecule has 5 nitrogen and oxygen atoms in total. The van der Waals surface area contributed by atoms with Crippen molar-refractivity contribution in [2.45, 2.75) is 6.54 Å². The average molecular weight is 311 g/mol. The largest absolute Gasteiger partial charge is 0.497 e. The highest BCUT2D eigenvalue weighted by atomic mass is 16.5. The third-order valence-corrected chi connectivity index (χ3v) is 3.02. The van der Waals surface area contributed by atoms with Crippen LogP contribution in [0.25, 0.3) is 0 Å². The Kier molecular flexibility index (Phi) is 7.73. The molecule has 0 unspecified atom stereocenters. The molecule has 0 radical (unpaired) electrons. The van der Waals surface area contributed by atoms with Crippen LogP contribution in [0.3, 0.4) is 0 Å². The Morgan fingerprint density at radius 2 is 1.91 bits per heavy atom. The Morgan fingerprint density at radius 3 is 2.39 bits per heavy atom. The van der Waals surface area contributed by atoms with Gasteiger partial charge in [0.1, 0.15) is 17.4 Å². The van der Waals surface area contributed by atoms with Crippen molar-refractivity contribution in [3.05, 3.63) is 66.9 Å².